The third-order valence-corrected chi connectivity index (χ3v) is 1.83. The van der Waals surface area contributed by atoms with Crippen molar-refractivity contribution in [3.63, 3.8) is 0 Å². The molecule has 0 fully saturated rings. The summed E-state index contributed by atoms with van der Waals surface area (Å²) in [5.41, 5.74) is -0.981. The van der Waals surface area contributed by atoms with E-state index in [1.54, 1.807) is 6.07 Å². The number of aldehydes is 1. The predicted octanol–water partition coefficient (Wildman–Crippen LogP) is 1.89. The highest BCUT2D eigenvalue weighted by Crippen LogP contribution is 2.17. The number of carbonyl (C=O) groups is 2. The van der Waals surface area contributed by atoms with E-state index in [2.05, 4.69) is 0 Å². The second-order valence-corrected chi connectivity index (χ2v) is 2.73. The van der Waals surface area contributed by atoms with Crippen LogP contribution in [0.4, 0.5) is 4.39 Å². The zero-order valence-electron chi connectivity index (χ0n) is 6.75. The molecule has 0 saturated heterocycles. The molecule has 0 atom stereocenters. The fourth-order valence-corrected chi connectivity index (χ4v) is 1.10. The first-order chi connectivity index (χ1) is 6.61. The maximum atomic E-state index is 13.3. The fourth-order valence-electron chi connectivity index (χ4n) is 0.957. The minimum Gasteiger partial charge on any atom is -0.298 e. The van der Waals surface area contributed by atoms with E-state index in [-0.39, 0.29) is 11.8 Å². The first-order valence-electron chi connectivity index (χ1n) is 3.49. The third-order valence-electron chi connectivity index (χ3n) is 1.63. The normalized spacial score (nSPS) is 9.21. The number of hydrogen-bond acceptors (Lipinski definition) is 3. The zero-order chi connectivity index (χ0) is 10.7. The Balaban J connectivity index is 3.52. The van der Waals surface area contributed by atoms with Gasteiger partial charge in [-0.25, -0.2) is 4.39 Å². The topological polar surface area (TPSA) is 57.9 Å². The van der Waals surface area contributed by atoms with Crippen LogP contribution >= 0.6 is 11.6 Å². The van der Waals surface area contributed by atoms with Crippen LogP contribution in [0.3, 0.4) is 0 Å². The van der Waals surface area contributed by atoms with Crippen LogP contribution in [0.2, 0.25) is 0 Å². The van der Waals surface area contributed by atoms with E-state index in [4.69, 9.17) is 16.9 Å². The molecule has 0 aromatic heterocycles. The van der Waals surface area contributed by atoms with Gasteiger partial charge in [0.05, 0.1) is 22.8 Å². The van der Waals surface area contributed by atoms with E-state index < -0.39 is 22.2 Å². The van der Waals surface area contributed by atoms with Crippen molar-refractivity contribution >= 4 is 23.1 Å². The molecule has 0 radical (unpaired) electrons. The van der Waals surface area contributed by atoms with Crippen LogP contribution in [-0.4, -0.2) is 11.5 Å². The molecule has 0 spiro atoms. The van der Waals surface area contributed by atoms with Gasteiger partial charge in [-0.2, -0.15) is 5.26 Å². The van der Waals surface area contributed by atoms with E-state index in [1.165, 1.54) is 6.07 Å². The molecule has 3 nitrogen and oxygen atoms in total. The zero-order valence-corrected chi connectivity index (χ0v) is 7.51. The lowest BCUT2D eigenvalue weighted by atomic mass is 10.1. The molecule has 1 rings (SSSR count). The molecule has 70 valence electrons. The summed E-state index contributed by atoms with van der Waals surface area (Å²) in [6, 6.07) is 3.86. The number of nitriles is 1. The van der Waals surface area contributed by atoms with Crippen LogP contribution in [-0.2, 0) is 0 Å². The molecule has 0 aliphatic rings. The van der Waals surface area contributed by atoms with Crippen LogP contribution in [0.1, 0.15) is 26.3 Å². The summed E-state index contributed by atoms with van der Waals surface area (Å²) in [6.45, 7) is 0. The summed E-state index contributed by atoms with van der Waals surface area (Å²) >= 11 is 5.06. The second kappa shape index (κ2) is 3.99. The molecule has 1 aromatic rings. The summed E-state index contributed by atoms with van der Waals surface area (Å²) in [4.78, 5) is 21.1. The summed E-state index contributed by atoms with van der Waals surface area (Å²) in [7, 11) is 0. The second-order valence-electron chi connectivity index (χ2n) is 2.39. The average molecular weight is 212 g/mol. The van der Waals surface area contributed by atoms with Crippen molar-refractivity contribution in [2.75, 3.05) is 0 Å². The van der Waals surface area contributed by atoms with Crippen LogP contribution in [0.15, 0.2) is 12.1 Å². The molecule has 0 aliphatic heterocycles. The van der Waals surface area contributed by atoms with Gasteiger partial charge in [-0.15, -0.1) is 0 Å². The number of nitrogens with zero attached hydrogens (tertiary/aromatic N) is 1. The van der Waals surface area contributed by atoms with E-state index in [0.717, 1.165) is 6.07 Å². The van der Waals surface area contributed by atoms with Gasteiger partial charge in [0.2, 0.25) is 0 Å². The number of benzene rings is 1. The highest BCUT2D eigenvalue weighted by atomic mass is 35.5. The fraction of sp³-hybridized carbons (Fsp3) is 0. The molecule has 1 aromatic carbocycles. The molecular weight excluding hydrogens is 209 g/mol. The largest absolute Gasteiger partial charge is 0.298 e. The highest BCUT2D eigenvalue weighted by molar-refractivity contribution is 6.67. The molecular formula is C9H3ClFNO2. The van der Waals surface area contributed by atoms with Crippen molar-refractivity contribution in [3.8, 4) is 6.07 Å². The first-order valence-corrected chi connectivity index (χ1v) is 3.87. The molecule has 0 N–H and O–H groups in total. The molecule has 14 heavy (non-hydrogen) atoms. The van der Waals surface area contributed by atoms with Gasteiger partial charge in [0, 0.05) is 0 Å². The summed E-state index contributed by atoms with van der Waals surface area (Å²) in [6.07, 6.45) is 0.178. The Kier molecular flexibility index (Phi) is 2.95. The van der Waals surface area contributed by atoms with Crippen LogP contribution < -0.4 is 0 Å². The van der Waals surface area contributed by atoms with Gasteiger partial charge < -0.3 is 0 Å². The number of halogens is 2. The highest BCUT2D eigenvalue weighted by Gasteiger charge is 2.16. The van der Waals surface area contributed by atoms with Crippen molar-refractivity contribution in [1.29, 1.82) is 5.26 Å². The molecule has 0 bridgehead atoms. The lowest BCUT2D eigenvalue weighted by Gasteiger charge is -2.01. The smallest absolute Gasteiger partial charge is 0.255 e. The van der Waals surface area contributed by atoms with Gasteiger partial charge in [0.1, 0.15) is 5.82 Å². The minimum absolute atomic E-state index is 0.126. The summed E-state index contributed by atoms with van der Waals surface area (Å²) in [5.74, 6) is -1.06. The Bertz CT molecular complexity index is 451. The monoisotopic (exact) mass is 211 g/mol. The van der Waals surface area contributed by atoms with E-state index >= 15 is 0 Å². The SMILES string of the molecule is N#Cc1ccc(C(=O)Cl)c(F)c1C=O. The Hall–Kier alpha value is -1.73. The van der Waals surface area contributed by atoms with Gasteiger partial charge in [0.25, 0.3) is 5.24 Å². The van der Waals surface area contributed by atoms with Crippen LogP contribution in [0.5, 0.6) is 0 Å². The average Bonchev–Trinajstić information content (AvgIpc) is 2.16. The van der Waals surface area contributed by atoms with Gasteiger partial charge in [-0.3, -0.25) is 9.59 Å². The van der Waals surface area contributed by atoms with Gasteiger partial charge in [-0.1, -0.05) is 0 Å². The van der Waals surface area contributed by atoms with E-state index in [1.807, 2.05) is 0 Å². The van der Waals surface area contributed by atoms with Crippen LogP contribution in [0, 0.1) is 17.1 Å². The lowest BCUT2D eigenvalue weighted by Crippen LogP contribution is -2.01. The van der Waals surface area contributed by atoms with Gasteiger partial charge >= 0.3 is 0 Å². The predicted molar refractivity (Wildman–Crippen MR) is 46.7 cm³/mol. The Morgan fingerprint density at radius 2 is 2.21 bits per heavy atom. The van der Waals surface area contributed by atoms with Crippen molar-refractivity contribution in [2.24, 2.45) is 0 Å². The minimum atomic E-state index is -1.06. The lowest BCUT2D eigenvalue weighted by molar-refractivity contribution is 0.107. The molecule has 5 heteroatoms. The van der Waals surface area contributed by atoms with Crippen molar-refractivity contribution in [1.82, 2.24) is 0 Å². The van der Waals surface area contributed by atoms with Gasteiger partial charge in [-0.05, 0) is 23.7 Å². The summed E-state index contributed by atoms with van der Waals surface area (Å²) in [5, 5.41) is 7.51. The Labute approximate surface area is 83.7 Å². The van der Waals surface area contributed by atoms with Crippen molar-refractivity contribution in [3.05, 3.63) is 34.6 Å². The third kappa shape index (κ3) is 1.63. The Morgan fingerprint density at radius 3 is 2.64 bits per heavy atom. The molecule has 0 aliphatic carbocycles. The molecule has 0 heterocycles. The van der Waals surface area contributed by atoms with E-state index in [9.17, 15) is 14.0 Å². The standard InChI is InChI=1S/C9H3ClFNO2/c10-9(14)6-2-1-5(3-12)7(4-13)8(6)11/h1-2,4H. The van der Waals surface area contributed by atoms with Crippen molar-refractivity contribution in [2.45, 2.75) is 0 Å². The maximum Gasteiger partial charge on any atom is 0.255 e. The van der Waals surface area contributed by atoms with Gasteiger partial charge in [0.15, 0.2) is 6.29 Å². The van der Waals surface area contributed by atoms with E-state index in [0.29, 0.717) is 0 Å². The molecule has 0 saturated carbocycles. The maximum absolute atomic E-state index is 13.3. The summed E-state index contributed by atoms with van der Waals surface area (Å²) < 4.78 is 13.3. The molecule has 0 amide bonds. The number of hydrogen-bond donors (Lipinski definition) is 0. The number of rotatable bonds is 2. The van der Waals surface area contributed by atoms with Crippen molar-refractivity contribution < 1.29 is 14.0 Å². The molecule has 0 unspecified atom stereocenters. The Morgan fingerprint density at radius 1 is 1.57 bits per heavy atom. The number of carbonyl (C=O) groups excluding carboxylic acids is 2. The first kappa shape index (κ1) is 10.4. The van der Waals surface area contributed by atoms with Crippen LogP contribution in [0.25, 0.3) is 0 Å². The quantitative estimate of drug-likeness (QED) is 0.554.